The minimum absolute atomic E-state index is 0.0449. The molecule has 2 rings (SSSR count). The minimum Gasteiger partial charge on any atom is -0.508 e. The molecule has 0 fully saturated rings. The van der Waals surface area contributed by atoms with Gasteiger partial charge in [0.1, 0.15) is 11.5 Å². The van der Waals surface area contributed by atoms with Crippen molar-refractivity contribution in [3.05, 3.63) is 45.9 Å². The lowest BCUT2D eigenvalue weighted by molar-refractivity contribution is -0.119. The molecule has 0 saturated carbocycles. The van der Waals surface area contributed by atoms with E-state index in [1.54, 1.807) is 26.0 Å². The molecule has 0 radical (unpaired) electrons. The molecule has 5 heteroatoms. The Morgan fingerprint density at radius 3 is 2.14 bits per heavy atom. The molecule has 0 aliphatic heterocycles. The predicted molar refractivity (Wildman–Crippen MR) is 76.3 cm³/mol. The average Bonchev–Trinajstić information content (AvgIpc) is 2.44. The molecule has 110 valence electrons. The van der Waals surface area contributed by atoms with Crippen molar-refractivity contribution in [3.8, 4) is 11.5 Å². The van der Waals surface area contributed by atoms with Crippen LogP contribution in [0.5, 0.6) is 11.5 Å². The second kappa shape index (κ2) is 5.09. The number of aliphatic hydroxyl groups excluding tert-OH is 1. The number of rotatable bonds is 2. The summed E-state index contributed by atoms with van der Waals surface area (Å²) in [5.74, 6) is -1.48. The van der Waals surface area contributed by atoms with Gasteiger partial charge in [0, 0.05) is 16.7 Å². The summed E-state index contributed by atoms with van der Waals surface area (Å²) in [7, 11) is 0. The third kappa shape index (κ3) is 2.42. The van der Waals surface area contributed by atoms with Crippen LogP contribution in [0.1, 0.15) is 25.0 Å². The lowest BCUT2D eigenvalue weighted by Crippen LogP contribution is -2.24. The summed E-state index contributed by atoms with van der Waals surface area (Å²) in [5, 5.41) is 19.4. The van der Waals surface area contributed by atoms with Gasteiger partial charge in [-0.25, -0.2) is 0 Å². The number of ketones is 2. The molecule has 0 atom stereocenters. The van der Waals surface area contributed by atoms with Crippen LogP contribution in [0.15, 0.2) is 34.8 Å². The first-order chi connectivity index (χ1) is 9.73. The third-order valence-electron chi connectivity index (χ3n) is 3.49. The van der Waals surface area contributed by atoms with Gasteiger partial charge in [0.25, 0.3) is 0 Å². The highest BCUT2D eigenvalue weighted by Crippen LogP contribution is 2.32. The van der Waals surface area contributed by atoms with Crippen molar-refractivity contribution in [1.29, 1.82) is 0 Å². The van der Waals surface area contributed by atoms with Crippen LogP contribution in [0.25, 0.3) is 0 Å². The third-order valence-corrected chi connectivity index (χ3v) is 3.49. The molecule has 0 saturated heterocycles. The van der Waals surface area contributed by atoms with Crippen LogP contribution in [0.2, 0.25) is 0 Å². The molecule has 1 aliphatic carbocycles. The number of ether oxygens (including phenoxy) is 1. The first-order valence-corrected chi connectivity index (χ1v) is 6.42. The molecule has 2 N–H and O–H groups in total. The van der Waals surface area contributed by atoms with Crippen molar-refractivity contribution < 1.29 is 24.5 Å². The number of carbonyl (C=O) groups excluding carboxylic acids is 2. The molecule has 0 spiro atoms. The minimum atomic E-state index is -0.628. The highest BCUT2D eigenvalue weighted by atomic mass is 16.5. The topological polar surface area (TPSA) is 83.8 Å². The van der Waals surface area contributed by atoms with Gasteiger partial charge in [-0.15, -0.1) is 0 Å². The normalized spacial score (nSPS) is 15.8. The Kier molecular flexibility index (Phi) is 3.60. The van der Waals surface area contributed by atoms with Gasteiger partial charge < -0.3 is 14.9 Å². The molecule has 0 bridgehead atoms. The zero-order chi connectivity index (χ0) is 15.9. The van der Waals surface area contributed by atoms with Gasteiger partial charge in [-0.2, -0.15) is 0 Å². The van der Waals surface area contributed by atoms with Crippen LogP contribution in [0.4, 0.5) is 0 Å². The number of benzene rings is 1. The summed E-state index contributed by atoms with van der Waals surface area (Å²) in [4.78, 5) is 24.0. The van der Waals surface area contributed by atoms with Gasteiger partial charge in [-0.1, -0.05) is 0 Å². The van der Waals surface area contributed by atoms with Crippen molar-refractivity contribution >= 4 is 11.6 Å². The Morgan fingerprint density at radius 2 is 1.52 bits per heavy atom. The lowest BCUT2D eigenvalue weighted by atomic mass is 9.95. The Labute approximate surface area is 122 Å². The van der Waals surface area contributed by atoms with Crippen molar-refractivity contribution in [2.24, 2.45) is 0 Å². The molecule has 1 aromatic carbocycles. The zero-order valence-electron chi connectivity index (χ0n) is 12.3. The molecule has 1 aliphatic rings. The smallest absolute Gasteiger partial charge is 0.228 e. The number of phenols is 1. The SMILES string of the molecule is CC1=C(O)C(=O)C(C)=C(Oc2cc(C)cc(O)c2C)C1=O. The highest BCUT2D eigenvalue weighted by molar-refractivity contribution is 6.23. The van der Waals surface area contributed by atoms with E-state index >= 15 is 0 Å². The molecule has 0 amide bonds. The Bertz CT molecular complexity index is 722. The fraction of sp³-hybridized carbons (Fsp3) is 0.250. The summed E-state index contributed by atoms with van der Waals surface area (Å²) >= 11 is 0. The molecule has 5 nitrogen and oxygen atoms in total. The number of aliphatic hydroxyl groups is 1. The fourth-order valence-electron chi connectivity index (χ4n) is 2.04. The number of Topliss-reactive ketones (excluding diaryl/α,β-unsaturated/α-hetero) is 2. The second-order valence-corrected chi connectivity index (χ2v) is 5.10. The monoisotopic (exact) mass is 288 g/mol. The quantitative estimate of drug-likeness (QED) is 0.817. The van der Waals surface area contributed by atoms with E-state index in [1.165, 1.54) is 13.8 Å². The van der Waals surface area contributed by atoms with Crippen LogP contribution in [0, 0.1) is 13.8 Å². The van der Waals surface area contributed by atoms with E-state index < -0.39 is 17.3 Å². The van der Waals surface area contributed by atoms with Gasteiger partial charge in [0.2, 0.25) is 11.6 Å². The van der Waals surface area contributed by atoms with Crippen molar-refractivity contribution in [3.63, 3.8) is 0 Å². The maximum atomic E-state index is 12.2. The Hall–Kier alpha value is -2.56. The van der Waals surface area contributed by atoms with Gasteiger partial charge in [-0.05, 0) is 45.4 Å². The number of allylic oxidation sites excluding steroid dienone is 2. The number of hydrogen-bond donors (Lipinski definition) is 2. The van der Waals surface area contributed by atoms with Crippen LogP contribution in [0.3, 0.4) is 0 Å². The average molecular weight is 288 g/mol. The predicted octanol–water partition coefficient (Wildman–Crippen LogP) is 2.65. The van der Waals surface area contributed by atoms with E-state index in [-0.39, 0.29) is 22.7 Å². The van der Waals surface area contributed by atoms with Crippen molar-refractivity contribution in [2.75, 3.05) is 0 Å². The second-order valence-electron chi connectivity index (χ2n) is 5.10. The number of hydrogen-bond acceptors (Lipinski definition) is 5. The van der Waals surface area contributed by atoms with Crippen LogP contribution in [-0.4, -0.2) is 21.8 Å². The molecule has 0 unspecified atom stereocenters. The van der Waals surface area contributed by atoms with Gasteiger partial charge >= 0.3 is 0 Å². The number of aromatic hydroxyl groups is 1. The summed E-state index contributed by atoms with van der Waals surface area (Å²) in [6, 6.07) is 3.24. The highest BCUT2D eigenvalue weighted by Gasteiger charge is 2.32. The maximum Gasteiger partial charge on any atom is 0.228 e. The van der Waals surface area contributed by atoms with Crippen LogP contribution >= 0.6 is 0 Å². The van der Waals surface area contributed by atoms with E-state index in [9.17, 15) is 19.8 Å². The maximum absolute atomic E-state index is 12.2. The van der Waals surface area contributed by atoms with Gasteiger partial charge in [0.05, 0.1) is 0 Å². The summed E-state index contributed by atoms with van der Waals surface area (Å²) in [6.07, 6.45) is 0. The zero-order valence-corrected chi connectivity index (χ0v) is 12.3. The van der Waals surface area contributed by atoms with E-state index in [2.05, 4.69) is 0 Å². The number of aryl methyl sites for hydroxylation is 1. The standard InChI is InChI=1S/C16H16O5/c1-7-5-11(17)8(2)12(6-7)21-16-10(4)14(19)13(18)9(3)15(16)20/h5-6,17-18H,1-4H3. The molecular formula is C16H16O5. The van der Waals surface area contributed by atoms with E-state index in [1.807, 2.05) is 0 Å². The molecule has 1 aromatic rings. The summed E-state index contributed by atoms with van der Waals surface area (Å²) in [5.41, 5.74) is 1.23. The molecule has 0 heterocycles. The van der Waals surface area contributed by atoms with E-state index in [0.29, 0.717) is 11.3 Å². The van der Waals surface area contributed by atoms with Crippen molar-refractivity contribution in [1.82, 2.24) is 0 Å². The van der Waals surface area contributed by atoms with E-state index in [4.69, 9.17) is 4.74 Å². The summed E-state index contributed by atoms with van der Waals surface area (Å²) < 4.78 is 5.57. The molecule has 0 aromatic heterocycles. The number of phenolic OH excluding ortho intramolecular Hbond substituents is 1. The number of carbonyl (C=O) groups is 2. The molecule has 21 heavy (non-hydrogen) atoms. The first kappa shape index (κ1) is 14.8. The van der Waals surface area contributed by atoms with Gasteiger partial charge in [-0.3, -0.25) is 9.59 Å². The fourth-order valence-corrected chi connectivity index (χ4v) is 2.04. The van der Waals surface area contributed by atoms with Gasteiger partial charge in [0.15, 0.2) is 11.5 Å². The van der Waals surface area contributed by atoms with Crippen LogP contribution in [-0.2, 0) is 9.59 Å². The summed E-state index contributed by atoms with van der Waals surface area (Å²) in [6.45, 7) is 6.21. The Balaban J connectivity index is 2.49. The largest absolute Gasteiger partial charge is 0.508 e. The first-order valence-electron chi connectivity index (χ1n) is 6.42. The molecular weight excluding hydrogens is 272 g/mol. The van der Waals surface area contributed by atoms with Crippen LogP contribution < -0.4 is 4.74 Å². The lowest BCUT2D eigenvalue weighted by Gasteiger charge is -2.19. The van der Waals surface area contributed by atoms with Crippen molar-refractivity contribution in [2.45, 2.75) is 27.7 Å². The Morgan fingerprint density at radius 1 is 0.905 bits per heavy atom. The van der Waals surface area contributed by atoms with E-state index in [0.717, 1.165) is 5.56 Å².